The van der Waals surface area contributed by atoms with Gasteiger partial charge in [-0.15, -0.1) is 0 Å². The summed E-state index contributed by atoms with van der Waals surface area (Å²) >= 11 is 0. The Bertz CT molecular complexity index is 729. The van der Waals surface area contributed by atoms with Crippen LogP contribution in [0.1, 0.15) is 18.1 Å². The number of aryl methyl sites for hydroxylation is 1. The average molecular weight is 343 g/mol. The van der Waals surface area contributed by atoms with E-state index in [1.54, 1.807) is 33.1 Å². The summed E-state index contributed by atoms with van der Waals surface area (Å²) in [6.07, 6.45) is -0.563. The summed E-state index contributed by atoms with van der Waals surface area (Å²) in [4.78, 5) is 14.2. The number of methoxy groups -OCH3 is 2. The van der Waals surface area contributed by atoms with Gasteiger partial charge in [0.15, 0.2) is 17.6 Å². The summed E-state index contributed by atoms with van der Waals surface area (Å²) in [6.45, 7) is 4.21. The van der Waals surface area contributed by atoms with Crippen molar-refractivity contribution in [3.8, 4) is 17.2 Å². The molecular formula is C20H25NO4. The van der Waals surface area contributed by atoms with Gasteiger partial charge in [-0.2, -0.15) is 0 Å². The minimum absolute atomic E-state index is 0.0868. The summed E-state index contributed by atoms with van der Waals surface area (Å²) in [5.74, 6) is 1.91. The van der Waals surface area contributed by atoms with Crippen molar-refractivity contribution < 1.29 is 19.0 Å². The molecule has 0 fully saturated rings. The van der Waals surface area contributed by atoms with Crippen LogP contribution in [0, 0.1) is 6.92 Å². The second kappa shape index (κ2) is 8.42. The molecule has 0 aliphatic carbocycles. The van der Waals surface area contributed by atoms with Gasteiger partial charge in [0.05, 0.1) is 14.2 Å². The average Bonchev–Trinajstić information content (AvgIpc) is 2.60. The second-order valence-electron chi connectivity index (χ2n) is 5.96. The van der Waals surface area contributed by atoms with Gasteiger partial charge in [0.1, 0.15) is 5.75 Å². The number of rotatable bonds is 7. The van der Waals surface area contributed by atoms with Gasteiger partial charge >= 0.3 is 0 Å². The van der Waals surface area contributed by atoms with Crippen LogP contribution in [0.15, 0.2) is 42.5 Å². The zero-order valence-corrected chi connectivity index (χ0v) is 15.4. The molecule has 1 amide bonds. The summed E-state index contributed by atoms with van der Waals surface area (Å²) in [6, 6.07) is 13.3. The highest BCUT2D eigenvalue weighted by Gasteiger charge is 2.20. The van der Waals surface area contributed by atoms with Crippen molar-refractivity contribution in [2.45, 2.75) is 26.5 Å². The number of nitrogens with zero attached hydrogens (tertiary/aromatic N) is 1. The van der Waals surface area contributed by atoms with Gasteiger partial charge < -0.3 is 19.1 Å². The van der Waals surface area contributed by atoms with Gasteiger partial charge in [-0.1, -0.05) is 18.2 Å². The third-order valence-corrected chi connectivity index (χ3v) is 3.89. The van der Waals surface area contributed by atoms with Crippen LogP contribution in [-0.2, 0) is 11.3 Å². The monoisotopic (exact) mass is 343 g/mol. The standard InChI is InChI=1S/C20H25NO4/c1-14-7-6-8-17(11-14)25-15(2)20(22)21(3)13-16-9-10-18(23-4)19(12-16)24-5/h6-12,15H,13H2,1-5H3/t15-/m1/s1. The molecule has 0 N–H and O–H groups in total. The minimum atomic E-state index is -0.563. The number of carbonyl (C=O) groups excluding carboxylic acids is 1. The maximum absolute atomic E-state index is 12.6. The summed E-state index contributed by atoms with van der Waals surface area (Å²) in [5, 5.41) is 0. The summed E-state index contributed by atoms with van der Waals surface area (Å²) in [7, 11) is 4.95. The van der Waals surface area contributed by atoms with Crippen molar-refractivity contribution in [2.75, 3.05) is 21.3 Å². The van der Waals surface area contributed by atoms with Gasteiger partial charge in [0, 0.05) is 13.6 Å². The highest BCUT2D eigenvalue weighted by atomic mass is 16.5. The van der Waals surface area contributed by atoms with Gasteiger partial charge in [0.25, 0.3) is 5.91 Å². The molecule has 5 nitrogen and oxygen atoms in total. The van der Waals surface area contributed by atoms with Crippen LogP contribution < -0.4 is 14.2 Å². The number of amides is 1. The van der Waals surface area contributed by atoms with Crippen molar-refractivity contribution in [3.05, 3.63) is 53.6 Å². The molecule has 0 radical (unpaired) electrons. The van der Waals surface area contributed by atoms with Crippen molar-refractivity contribution in [1.82, 2.24) is 4.90 Å². The molecule has 2 aromatic carbocycles. The molecule has 5 heteroatoms. The number of hydrogen-bond donors (Lipinski definition) is 0. The first-order chi connectivity index (χ1) is 11.9. The zero-order chi connectivity index (χ0) is 18.4. The fourth-order valence-electron chi connectivity index (χ4n) is 2.58. The highest BCUT2D eigenvalue weighted by molar-refractivity contribution is 5.80. The van der Waals surface area contributed by atoms with Crippen molar-refractivity contribution in [1.29, 1.82) is 0 Å². The lowest BCUT2D eigenvalue weighted by molar-refractivity contribution is -0.137. The molecule has 0 spiro atoms. The van der Waals surface area contributed by atoms with Gasteiger partial charge in [-0.25, -0.2) is 0 Å². The Hall–Kier alpha value is -2.69. The van der Waals surface area contributed by atoms with E-state index in [0.29, 0.717) is 23.8 Å². The summed E-state index contributed by atoms with van der Waals surface area (Å²) in [5.41, 5.74) is 2.05. The molecule has 134 valence electrons. The smallest absolute Gasteiger partial charge is 0.263 e. The first kappa shape index (κ1) is 18.6. The topological polar surface area (TPSA) is 48.0 Å². The highest BCUT2D eigenvalue weighted by Crippen LogP contribution is 2.28. The summed E-state index contributed by atoms with van der Waals surface area (Å²) < 4.78 is 16.3. The minimum Gasteiger partial charge on any atom is -0.493 e. The Morgan fingerprint density at radius 1 is 1.08 bits per heavy atom. The van der Waals surface area contributed by atoms with Crippen LogP contribution in [0.25, 0.3) is 0 Å². The first-order valence-corrected chi connectivity index (χ1v) is 8.13. The van der Waals surface area contributed by atoms with Crippen LogP contribution in [0.3, 0.4) is 0 Å². The predicted octanol–water partition coefficient (Wildman–Crippen LogP) is 3.44. The maximum atomic E-state index is 12.6. The lowest BCUT2D eigenvalue weighted by Crippen LogP contribution is -2.37. The van der Waals surface area contributed by atoms with Gasteiger partial charge in [-0.3, -0.25) is 4.79 Å². The molecule has 0 aliphatic heterocycles. The van der Waals surface area contributed by atoms with E-state index in [4.69, 9.17) is 14.2 Å². The number of hydrogen-bond acceptors (Lipinski definition) is 4. The molecule has 25 heavy (non-hydrogen) atoms. The zero-order valence-electron chi connectivity index (χ0n) is 15.4. The second-order valence-corrected chi connectivity index (χ2v) is 5.96. The normalized spacial score (nSPS) is 11.6. The van der Waals surface area contributed by atoms with Crippen LogP contribution in [0.2, 0.25) is 0 Å². The SMILES string of the molecule is COc1ccc(CN(C)C(=O)[C@@H](C)Oc2cccc(C)c2)cc1OC. The van der Waals surface area contributed by atoms with Crippen LogP contribution in [0.5, 0.6) is 17.2 Å². The fourth-order valence-corrected chi connectivity index (χ4v) is 2.58. The molecule has 0 bridgehead atoms. The molecule has 0 aliphatic rings. The van der Waals surface area contributed by atoms with E-state index >= 15 is 0 Å². The van der Waals surface area contributed by atoms with E-state index in [1.165, 1.54) is 0 Å². The van der Waals surface area contributed by atoms with Crippen LogP contribution >= 0.6 is 0 Å². The number of carbonyl (C=O) groups is 1. The lowest BCUT2D eigenvalue weighted by atomic mass is 10.2. The maximum Gasteiger partial charge on any atom is 0.263 e. The van der Waals surface area contributed by atoms with Gasteiger partial charge in [0.2, 0.25) is 0 Å². The Kier molecular flexibility index (Phi) is 6.28. The van der Waals surface area contributed by atoms with E-state index in [-0.39, 0.29) is 5.91 Å². The molecule has 2 rings (SSSR count). The van der Waals surface area contributed by atoms with E-state index in [9.17, 15) is 4.79 Å². The molecule has 1 atom stereocenters. The molecular weight excluding hydrogens is 318 g/mol. The Balaban J connectivity index is 2.02. The third kappa shape index (κ3) is 4.89. The number of likely N-dealkylation sites (N-methyl/N-ethyl adjacent to an activating group) is 1. The van der Waals surface area contributed by atoms with Crippen molar-refractivity contribution in [3.63, 3.8) is 0 Å². The van der Waals surface area contributed by atoms with E-state index in [1.807, 2.05) is 49.4 Å². The molecule has 0 saturated heterocycles. The molecule has 0 unspecified atom stereocenters. The van der Waals surface area contributed by atoms with E-state index in [2.05, 4.69) is 0 Å². The molecule has 2 aromatic rings. The van der Waals surface area contributed by atoms with Gasteiger partial charge in [-0.05, 0) is 49.2 Å². The molecule has 0 aromatic heterocycles. The van der Waals surface area contributed by atoms with E-state index < -0.39 is 6.10 Å². The largest absolute Gasteiger partial charge is 0.493 e. The number of ether oxygens (including phenoxy) is 3. The quantitative estimate of drug-likeness (QED) is 0.773. The molecule has 0 heterocycles. The van der Waals surface area contributed by atoms with Crippen molar-refractivity contribution in [2.24, 2.45) is 0 Å². The van der Waals surface area contributed by atoms with Crippen LogP contribution in [0.4, 0.5) is 0 Å². The Morgan fingerprint density at radius 3 is 2.44 bits per heavy atom. The Labute approximate surface area is 149 Å². The fraction of sp³-hybridized carbons (Fsp3) is 0.350. The third-order valence-electron chi connectivity index (χ3n) is 3.89. The van der Waals surface area contributed by atoms with Crippen LogP contribution in [-0.4, -0.2) is 38.2 Å². The van der Waals surface area contributed by atoms with Crippen molar-refractivity contribution >= 4 is 5.91 Å². The lowest BCUT2D eigenvalue weighted by Gasteiger charge is -2.22. The van der Waals surface area contributed by atoms with E-state index in [0.717, 1.165) is 11.1 Å². The Morgan fingerprint density at radius 2 is 1.80 bits per heavy atom. The number of benzene rings is 2. The predicted molar refractivity (Wildman–Crippen MR) is 97.3 cm³/mol. The first-order valence-electron chi connectivity index (χ1n) is 8.13. The molecule has 0 saturated carbocycles.